The molecular weight excluding hydrogens is 849 g/mol. The van der Waals surface area contributed by atoms with Gasteiger partial charge in [0.05, 0.1) is 46.9 Å². The highest BCUT2D eigenvalue weighted by molar-refractivity contribution is 6.00. The normalized spacial score (nSPS) is 21.9. The number of aromatic nitrogens is 6. The van der Waals surface area contributed by atoms with Crippen molar-refractivity contribution >= 4 is 57.3 Å². The van der Waals surface area contributed by atoms with Gasteiger partial charge in [-0.3, -0.25) is 43.6 Å². The van der Waals surface area contributed by atoms with Gasteiger partial charge in [-0.25, -0.2) is 23.1 Å². The van der Waals surface area contributed by atoms with Gasteiger partial charge in [-0.15, -0.1) is 5.10 Å². The number of pyridine rings is 1. The van der Waals surface area contributed by atoms with E-state index in [0.29, 0.717) is 61.8 Å². The van der Waals surface area contributed by atoms with Gasteiger partial charge in [0.2, 0.25) is 11.8 Å². The molecule has 4 aromatic heterocycles. The van der Waals surface area contributed by atoms with Crippen molar-refractivity contribution in [3.05, 3.63) is 94.3 Å². The Bertz CT molecular complexity index is 3000. The topological polar surface area (TPSA) is 184 Å². The molecule has 4 N–H and O–H groups in total. The summed E-state index contributed by atoms with van der Waals surface area (Å²) in [6, 6.07) is 16.1. The lowest BCUT2D eigenvalue weighted by Crippen LogP contribution is -2.64. The first-order valence-electron chi connectivity index (χ1n) is 22.7. The fourth-order valence-electron chi connectivity index (χ4n) is 11.3. The molecule has 3 amide bonds. The standard InChI is InChI=1S/C47H51F2N13O4/c1-51-32-21-39(55-62-37(42(50)64)23-53-43(32)62)60-18-13-30-29(5-3-6-33(30)60)31-10-9-28(22-52-31)24-57-17-14-38(47(48,49)27-57)58-19-15-46(16-20-58)25-59(26-46)34-7-4-8-35-41(34)56(2)45(66)61(35)36-11-12-40(63)54-44(36)65/h3-10,21-23,36,38,51H,11-20,24-27H2,1-2H3,(H2,50,64)(H,54,63,65). The Morgan fingerprint density at radius 3 is 2.44 bits per heavy atom. The summed E-state index contributed by atoms with van der Waals surface area (Å²) >= 11 is 0. The molecule has 9 heterocycles. The van der Waals surface area contributed by atoms with Crippen molar-refractivity contribution in [2.75, 3.05) is 68.0 Å². The van der Waals surface area contributed by atoms with Crippen LogP contribution in [0.4, 0.5) is 31.7 Å². The number of aryl methyl sites for hydroxylation is 1. The Hall–Kier alpha value is -6.73. The summed E-state index contributed by atoms with van der Waals surface area (Å²) < 4.78 is 36.7. The van der Waals surface area contributed by atoms with Gasteiger partial charge in [-0.1, -0.05) is 24.3 Å². The monoisotopic (exact) mass is 899 g/mol. The van der Waals surface area contributed by atoms with E-state index in [1.54, 1.807) is 24.9 Å². The van der Waals surface area contributed by atoms with Crippen LogP contribution in [0.3, 0.4) is 0 Å². The van der Waals surface area contributed by atoms with Gasteiger partial charge in [-0.05, 0) is 80.6 Å². The molecule has 2 unspecified atom stereocenters. The highest BCUT2D eigenvalue weighted by Crippen LogP contribution is 2.46. The van der Waals surface area contributed by atoms with E-state index in [1.807, 2.05) is 64.4 Å². The number of alkyl halides is 2. The molecule has 6 aromatic rings. The second-order valence-corrected chi connectivity index (χ2v) is 18.7. The molecule has 11 rings (SSSR count). The van der Waals surface area contributed by atoms with Gasteiger partial charge >= 0.3 is 5.69 Å². The maximum atomic E-state index is 16.1. The highest BCUT2D eigenvalue weighted by atomic mass is 19.3. The number of para-hydroxylation sites is 1. The van der Waals surface area contributed by atoms with Crippen molar-refractivity contribution in [1.29, 1.82) is 0 Å². The number of nitrogens with one attached hydrogen (secondary N) is 2. The number of rotatable bonds is 9. The van der Waals surface area contributed by atoms with E-state index in [9.17, 15) is 19.2 Å². The third kappa shape index (κ3) is 6.89. The predicted octanol–water partition coefficient (Wildman–Crippen LogP) is 4.07. The van der Waals surface area contributed by atoms with Crippen LogP contribution in [0.1, 0.15) is 59.8 Å². The van der Waals surface area contributed by atoms with Crippen molar-refractivity contribution < 1.29 is 23.2 Å². The van der Waals surface area contributed by atoms with Crippen LogP contribution < -0.4 is 31.9 Å². The number of primary amides is 1. The van der Waals surface area contributed by atoms with Crippen LogP contribution >= 0.6 is 0 Å². The Morgan fingerprint density at radius 2 is 1.71 bits per heavy atom. The third-order valence-corrected chi connectivity index (χ3v) is 14.7. The predicted molar refractivity (Wildman–Crippen MR) is 244 cm³/mol. The van der Waals surface area contributed by atoms with Crippen LogP contribution in [0.25, 0.3) is 27.9 Å². The molecule has 5 aliphatic rings. The summed E-state index contributed by atoms with van der Waals surface area (Å²) in [5.41, 5.74) is 13.8. The molecule has 4 fully saturated rings. The fraction of sp³-hybridized carbons (Fsp3) is 0.426. The Morgan fingerprint density at radius 1 is 0.924 bits per heavy atom. The van der Waals surface area contributed by atoms with Crippen molar-refractivity contribution in [3.63, 3.8) is 0 Å². The van der Waals surface area contributed by atoms with Gasteiger partial charge in [-0.2, -0.15) is 0 Å². The first-order valence-corrected chi connectivity index (χ1v) is 22.7. The second kappa shape index (κ2) is 15.7. The minimum Gasteiger partial charge on any atom is -0.385 e. The maximum Gasteiger partial charge on any atom is 0.329 e. The fourth-order valence-corrected chi connectivity index (χ4v) is 11.3. The van der Waals surface area contributed by atoms with Crippen LogP contribution in [-0.4, -0.2) is 121 Å². The molecule has 0 saturated carbocycles. The number of fused-ring (bicyclic) bond motifs is 3. The van der Waals surface area contributed by atoms with Crippen LogP contribution in [0.5, 0.6) is 0 Å². The lowest BCUT2D eigenvalue weighted by Gasteiger charge is -2.56. The van der Waals surface area contributed by atoms with Crippen molar-refractivity contribution in [2.24, 2.45) is 18.2 Å². The van der Waals surface area contributed by atoms with E-state index in [4.69, 9.17) is 15.8 Å². The summed E-state index contributed by atoms with van der Waals surface area (Å²) in [4.78, 5) is 67.5. The molecule has 17 nitrogen and oxygen atoms in total. The first kappa shape index (κ1) is 41.9. The van der Waals surface area contributed by atoms with Gasteiger partial charge in [0.1, 0.15) is 11.7 Å². The largest absolute Gasteiger partial charge is 0.385 e. The summed E-state index contributed by atoms with van der Waals surface area (Å²) in [7, 11) is 3.50. The quantitative estimate of drug-likeness (QED) is 0.177. The van der Waals surface area contributed by atoms with Gasteiger partial charge in [0.15, 0.2) is 11.5 Å². The molecule has 5 aliphatic heterocycles. The average Bonchev–Trinajstić information content (AvgIpc) is 4.00. The lowest BCUT2D eigenvalue weighted by atomic mass is 9.71. The molecule has 342 valence electrons. The number of carbonyl (C=O) groups is 3. The molecule has 0 bridgehead atoms. The number of carbonyl (C=O) groups excluding carboxylic acids is 3. The van der Waals surface area contributed by atoms with Gasteiger partial charge < -0.3 is 20.9 Å². The molecular formula is C47H51F2N13O4. The number of nitrogens with two attached hydrogens (primary N) is 1. The minimum atomic E-state index is -2.87. The third-order valence-electron chi connectivity index (χ3n) is 14.7. The number of imidazole rings is 2. The Balaban J connectivity index is 0.713. The van der Waals surface area contributed by atoms with E-state index in [0.717, 1.165) is 71.6 Å². The number of anilines is 4. The number of amides is 3. The zero-order valence-electron chi connectivity index (χ0n) is 36.8. The van der Waals surface area contributed by atoms with Crippen LogP contribution in [0.2, 0.25) is 0 Å². The summed E-state index contributed by atoms with van der Waals surface area (Å²) in [6.07, 6.45) is 6.44. The summed E-state index contributed by atoms with van der Waals surface area (Å²) in [6.45, 7) is 4.06. The van der Waals surface area contributed by atoms with Crippen molar-refractivity contribution in [2.45, 2.75) is 63.1 Å². The SMILES string of the molecule is CNc1cc(N2CCc3c(-c4ccc(CN5CCC(N6CCC7(CC6)CN(c6cccc8c6n(C)c(=O)n8C6CCC(=O)NC6=O)C7)C(F)(F)C5)cn4)cccc32)nn2c(C(N)=O)cnc12. The number of hydrogen-bond donors (Lipinski definition) is 3. The Kier molecular flexibility index (Phi) is 9.99. The lowest BCUT2D eigenvalue weighted by molar-refractivity contribution is -0.138. The molecule has 2 aromatic carbocycles. The van der Waals surface area contributed by atoms with Crippen LogP contribution in [-0.2, 0) is 29.6 Å². The smallest absolute Gasteiger partial charge is 0.329 e. The number of halogens is 2. The number of piperidine rings is 3. The number of imide groups is 1. The molecule has 0 radical (unpaired) electrons. The second-order valence-electron chi connectivity index (χ2n) is 18.7. The van der Waals surface area contributed by atoms with E-state index >= 15 is 8.78 Å². The van der Waals surface area contributed by atoms with Crippen LogP contribution in [0, 0.1) is 5.41 Å². The van der Waals surface area contributed by atoms with E-state index in [2.05, 4.69) is 25.4 Å². The first-order chi connectivity index (χ1) is 31.8. The molecule has 19 heteroatoms. The Labute approximate surface area is 378 Å². The zero-order chi connectivity index (χ0) is 45.6. The maximum absolute atomic E-state index is 16.1. The van der Waals surface area contributed by atoms with Gasteiger partial charge in [0, 0.05) is 82.2 Å². The summed E-state index contributed by atoms with van der Waals surface area (Å²) in [5, 5.41) is 10.3. The zero-order valence-corrected chi connectivity index (χ0v) is 36.8. The molecule has 2 atom stereocenters. The number of benzene rings is 2. The van der Waals surface area contributed by atoms with E-state index in [1.165, 1.54) is 15.3 Å². The molecule has 1 spiro atoms. The molecule has 0 aliphatic carbocycles. The van der Waals surface area contributed by atoms with Crippen molar-refractivity contribution in [3.8, 4) is 11.3 Å². The molecule has 66 heavy (non-hydrogen) atoms. The van der Waals surface area contributed by atoms with E-state index < -0.39 is 29.8 Å². The van der Waals surface area contributed by atoms with Crippen LogP contribution in [0.15, 0.2) is 71.8 Å². The minimum absolute atomic E-state index is 0.0130. The number of hydrogen-bond acceptors (Lipinski definition) is 12. The molecule has 4 saturated heterocycles. The highest BCUT2D eigenvalue weighted by Gasteiger charge is 2.52. The summed E-state index contributed by atoms with van der Waals surface area (Å²) in [5.74, 6) is -3.64. The number of nitrogens with zero attached hydrogens (tertiary/aromatic N) is 10. The van der Waals surface area contributed by atoms with Crippen molar-refractivity contribution in [1.82, 2.24) is 43.8 Å². The van der Waals surface area contributed by atoms with Gasteiger partial charge in [0.25, 0.3) is 11.8 Å². The van der Waals surface area contributed by atoms with E-state index in [-0.39, 0.29) is 42.1 Å². The number of likely N-dealkylation sites (tertiary alicyclic amines) is 2. The average molecular weight is 900 g/mol.